The van der Waals surface area contributed by atoms with Crippen molar-refractivity contribution in [1.29, 1.82) is 0 Å². The number of urea groups is 1. The summed E-state index contributed by atoms with van der Waals surface area (Å²) in [4.78, 5) is 30.3. The van der Waals surface area contributed by atoms with E-state index < -0.39 is 17.7 Å². The third-order valence-corrected chi connectivity index (χ3v) is 7.09. The maximum Gasteiger partial charge on any atom is 0.329 e. The molecule has 8 heteroatoms. The number of nitrogens with one attached hydrogen (secondary N) is 2. The number of carbonyl (C=O) groups is 2. The largest absolute Gasteiger partial charge is 0.359 e. The summed E-state index contributed by atoms with van der Waals surface area (Å²) in [5, 5.41) is 17.7. The van der Waals surface area contributed by atoms with Gasteiger partial charge in [0.25, 0.3) is 11.6 Å². The maximum absolute atomic E-state index is 13.6. The molecule has 2 aliphatic rings. The maximum atomic E-state index is 13.6. The summed E-state index contributed by atoms with van der Waals surface area (Å²) in [6.07, 6.45) is 2.08. The van der Waals surface area contributed by atoms with Crippen molar-refractivity contribution in [3.8, 4) is 0 Å². The van der Waals surface area contributed by atoms with Gasteiger partial charge in [-0.1, -0.05) is 28.9 Å². The van der Waals surface area contributed by atoms with E-state index in [0.29, 0.717) is 28.0 Å². The van der Waals surface area contributed by atoms with Gasteiger partial charge in [0.05, 0.1) is 5.69 Å². The molecule has 0 bridgehead atoms. The number of rotatable bonds is 5. The Morgan fingerprint density at radius 1 is 1.25 bits per heavy atom. The van der Waals surface area contributed by atoms with Gasteiger partial charge in [-0.25, -0.2) is 4.79 Å². The predicted octanol–water partition coefficient (Wildman–Crippen LogP) is 3.86. The highest BCUT2D eigenvalue weighted by Crippen LogP contribution is 2.41. The number of amides is 3. The number of likely N-dealkylation sites (N-methyl/N-ethyl adjacent to an activating group) is 1. The van der Waals surface area contributed by atoms with Gasteiger partial charge >= 0.3 is 6.03 Å². The van der Waals surface area contributed by atoms with Crippen LogP contribution in [0.1, 0.15) is 36.5 Å². The number of likely N-dealkylation sites (tertiary alicyclic amines) is 1. The molecule has 3 N–H and O–H groups in total. The van der Waals surface area contributed by atoms with E-state index in [0.717, 1.165) is 42.0 Å². The van der Waals surface area contributed by atoms with Crippen LogP contribution in [0.5, 0.6) is 0 Å². The van der Waals surface area contributed by atoms with Crippen LogP contribution in [-0.4, -0.2) is 47.6 Å². The highest BCUT2D eigenvalue weighted by atomic mass is 79.9. The molecule has 2 heterocycles. The standard InChI is InChI=1S/C24H29BrN4O3/c1-4-28-11-5-6-19(28)14-26-22(30)24(32)20-13-17(25)8-10-21(20)27-23(31)29(24)18-9-7-15(2)16(3)12-18/h7-10,12-13,19,32H,4-6,11,14H2,1-3H3,(H,26,30)(H,27,31)/t19-,24-/m1/s1. The molecule has 32 heavy (non-hydrogen) atoms. The first kappa shape index (κ1) is 22.8. The third kappa shape index (κ3) is 3.91. The molecule has 0 aliphatic carbocycles. The van der Waals surface area contributed by atoms with Crippen molar-refractivity contribution in [2.24, 2.45) is 0 Å². The normalized spacial score (nSPS) is 23.1. The molecule has 170 valence electrons. The number of aryl methyl sites for hydroxylation is 2. The molecular weight excluding hydrogens is 472 g/mol. The van der Waals surface area contributed by atoms with Crippen LogP contribution in [0.2, 0.25) is 0 Å². The number of nitrogens with zero attached hydrogens (tertiary/aromatic N) is 2. The molecule has 0 aromatic heterocycles. The van der Waals surface area contributed by atoms with E-state index in [1.54, 1.807) is 24.3 Å². The summed E-state index contributed by atoms with van der Waals surface area (Å²) >= 11 is 3.43. The fourth-order valence-corrected chi connectivity index (χ4v) is 4.98. The van der Waals surface area contributed by atoms with E-state index in [4.69, 9.17) is 0 Å². The van der Waals surface area contributed by atoms with Crippen molar-refractivity contribution in [2.45, 2.75) is 45.4 Å². The van der Waals surface area contributed by atoms with Gasteiger partial charge in [-0.15, -0.1) is 0 Å². The molecule has 2 aromatic carbocycles. The number of fused-ring (bicyclic) bond motifs is 1. The van der Waals surface area contributed by atoms with E-state index in [1.807, 2.05) is 26.0 Å². The lowest BCUT2D eigenvalue weighted by Gasteiger charge is -2.43. The van der Waals surface area contributed by atoms with Gasteiger partial charge < -0.3 is 15.7 Å². The van der Waals surface area contributed by atoms with Crippen LogP contribution < -0.4 is 15.5 Å². The molecule has 3 amide bonds. The quantitative estimate of drug-likeness (QED) is 0.581. The minimum atomic E-state index is -2.20. The fraction of sp³-hybridized carbons (Fsp3) is 0.417. The second kappa shape index (κ2) is 8.84. The highest BCUT2D eigenvalue weighted by molar-refractivity contribution is 9.10. The summed E-state index contributed by atoms with van der Waals surface area (Å²) < 4.78 is 0.701. The number of halogens is 1. The second-order valence-corrected chi connectivity index (χ2v) is 9.45. The predicted molar refractivity (Wildman–Crippen MR) is 129 cm³/mol. The molecule has 0 saturated carbocycles. The zero-order valence-corrected chi connectivity index (χ0v) is 20.2. The van der Waals surface area contributed by atoms with E-state index in [-0.39, 0.29) is 6.04 Å². The van der Waals surface area contributed by atoms with Gasteiger partial charge in [0.2, 0.25) is 0 Å². The topological polar surface area (TPSA) is 84.9 Å². The summed E-state index contributed by atoms with van der Waals surface area (Å²) in [5.74, 6) is -0.618. The molecule has 2 atom stereocenters. The van der Waals surface area contributed by atoms with Crippen molar-refractivity contribution in [1.82, 2.24) is 10.2 Å². The van der Waals surface area contributed by atoms with Gasteiger partial charge in [-0.05, 0) is 81.2 Å². The number of carbonyl (C=O) groups excluding carboxylic acids is 2. The Morgan fingerprint density at radius 3 is 2.75 bits per heavy atom. The van der Waals surface area contributed by atoms with Crippen molar-refractivity contribution >= 4 is 39.2 Å². The summed E-state index contributed by atoms with van der Waals surface area (Å²) in [6.45, 7) is 8.35. The Labute approximate surface area is 196 Å². The van der Waals surface area contributed by atoms with Gasteiger partial charge in [0.1, 0.15) is 0 Å². The summed E-state index contributed by atoms with van der Waals surface area (Å²) in [7, 11) is 0. The first-order chi connectivity index (χ1) is 15.3. The van der Waals surface area contributed by atoms with E-state index in [1.165, 1.54) is 0 Å². The lowest BCUT2D eigenvalue weighted by molar-refractivity contribution is -0.140. The van der Waals surface area contributed by atoms with Crippen molar-refractivity contribution in [3.05, 3.63) is 57.6 Å². The third-order valence-electron chi connectivity index (χ3n) is 6.59. The summed E-state index contributed by atoms with van der Waals surface area (Å²) in [5.41, 5.74) is 1.00. The van der Waals surface area contributed by atoms with Crippen LogP contribution >= 0.6 is 15.9 Å². The van der Waals surface area contributed by atoms with Crippen LogP contribution in [0.4, 0.5) is 16.2 Å². The molecule has 1 fully saturated rings. The first-order valence-electron chi connectivity index (χ1n) is 11.0. The van der Waals surface area contributed by atoms with E-state index in [9.17, 15) is 14.7 Å². The van der Waals surface area contributed by atoms with Crippen LogP contribution in [0, 0.1) is 13.8 Å². The molecule has 0 unspecified atom stereocenters. The Morgan fingerprint density at radius 2 is 2.03 bits per heavy atom. The van der Waals surface area contributed by atoms with Crippen molar-refractivity contribution < 1.29 is 14.7 Å². The lowest BCUT2D eigenvalue weighted by atomic mass is 9.94. The minimum Gasteiger partial charge on any atom is -0.359 e. The number of hydrogen-bond donors (Lipinski definition) is 3. The van der Waals surface area contributed by atoms with Gasteiger partial charge in [0, 0.05) is 28.3 Å². The number of benzene rings is 2. The number of anilines is 2. The molecule has 7 nitrogen and oxygen atoms in total. The Balaban J connectivity index is 1.75. The van der Waals surface area contributed by atoms with Crippen molar-refractivity contribution in [3.63, 3.8) is 0 Å². The SMILES string of the molecule is CCN1CCC[C@@H]1CNC(=O)[C@]1(O)c2cc(Br)ccc2NC(=O)N1c1ccc(C)c(C)c1. The van der Waals surface area contributed by atoms with Gasteiger partial charge in [0.15, 0.2) is 0 Å². The van der Waals surface area contributed by atoms with Crippen LogP contribution in [-0.2, 0) is 10.5 Å². The number of aliphatic hydroxyl groups is 1. The average Bonchev–Trinajstić information content (AvgIpc) is 3.22. The second-order valence-electron chi connectivity index (χ2n) is 8.53. The summed E-state index contributed by atoms with van der Waals surface area (Å²) in [6, 6.07) is 10.2. The lowest BCUT2D eigenvalue weighted by Crippen LogP contribution is -2.63. The van der Waals surface area contributed by atoms with Gasteiger partial charge in [-0.3, -0.25) is 14.6 Å². The zero-order valence-electron chi connectivity index (χ0n) is 18.6. The zero-order chi connectivity index (χ0) is 23.0. The van der Waals surface area contributed by atoms with Crippen LogP contribution in [0.3, 0.4) is 0 Å². The Hall–Kier alpha value is -2.42. The molecule has 0 radical (unpaired) electrons. The van der Waals surface area contributed by atoms with E-state index >= 15 is 0 Å². The molecular formula is C24H29BrN4O3. The molecule has 2 aliphatic heterocycles. The molecule has 1 saturated heterocycles. The number of hydrogen-bond acceptors (Lipinski definition) is 4. The highest BCUT2D eigenvalue weighted by Gasteiger charge is 2.52. The van der Waals surface area contributed by atoms with Crippen LogP contribution in [0.15, 0.2) is 40.9 Å². The Bertz CT molecular complexity index is 1060. The fourth-order valence-electron chi connectivity index (χ4n) is 4.62. The molecule has 0 spiro atoms. The van der Waals surface area contributed by atoms with Crippen molar-refractivity contribution in [2.75, 3.05) is 29.9 Å². The monoisotopic (exact) mass is 500 g/mol. The minimum absolute atomic E-state index is 0.224. The molecule has 2 aromatic rings. The first-order valence-corrected chi connectivity index (χ1v) is 11.8. The van der Waals surface area contributed by atoms with Crippen LogP contribution in [0.25, 0.3) is 0 Å². The molecule has 4 rings (SSSR count). The smallest absolute Gasteiger partial charge is 0.329 e. The van der Waals surface area contributed by atoms with E-state index in [2.05, 4.69) is 38.4 Å². The average molecular weight is 501 g/mol. The van der Waals surface area contributed by atoms with Gasteiger partial charge in [-0.2, -0.15) is 0 Å². The Kier molecular flexibility index (Phi) is 6.29.